The second-order valence-electron chi connectivity index (χ2n) is 4.17. The molecule has 2 aromatic rings. The fourth-order valence-electron chi connectivity index (χ4n) is 1.49. The molecule has 0 atom stereocenters. The van der Waals surface area contributed by atoms with Gasteiger partial charge in [0.2, 0.25) is 5.91 Å². The first-order chi connectivity index (χ1) is 9.04. The molecule has 0 saturated carbocycles. The highest BCUT2D eigenvalue weighted by molar-refractivity contribution is 7.99. The zero-order chi connectivity index (χ0) is 13.8. The Hall–Kier alpha value is -1.95. The molecule has 0 aliphatic heterocycles. The van der Waals surface area contributed by atoms with Crippen LogP contribution in [0.5, 0.6) is 0 Å². The fraction of sp³-hybridized carbons (Fsp3) is 0.231. The van der Waals surface area contributed by atoms with Gasteiger partial charge in [0.25, 0.3) is 5.22 Å². The monoisotopic (exact) mass is 277 g/mol. The van der Waals surface area contributed by atoms with E-state index in [9.17, 15) is 4.79 Å². The van der Waals surface area contributed by atoms with Crippen molar-refractivity contribution in [2.24, 2.45) is 0 Å². The molecular formula is C13H15N3O2S. The minimum absolute atomic E-state index is 0.116. The second kappa shape index (κ2) is 5.79. The number of hydrogen-bond donors (Lipinski definition) is 2. The smallest absolute Gasteiger partial charge is 0.256 e. The molecule has 0 bridgehead atoms. The van der Waals surface area contributed by atoms with Gasteiger partial charge >= 0.3 is 0 Å². The van der Waals surface area contributed by atoms with Crippen LogP contribution >= 0.6 is 11.8 Å². The van der Waals surface area contributed by atoms with Crippen molar-refractivity contribution < 1.29 is 9.21 Å². The van der Waals surface area contributed by atoms with Crippen molar-refractivity contribution in [2.45, 2.75) is 19.1 Å². The van der Waals surface area contributed by atoms with Crippen molar-refractivity contribution in [2.75, 3.05) is 16.8 Å². The summed E-state index contributed by atoms with van der Waals surface area (Å²) in [4.78, 5) is 15.9. The number of aromatic nitrogens is 1. The first kappa shape index (κ1) is 13.5. The first-order valence-corrected chi connectivity index (χ1v) is 6.74. The van der Waals surface area contributed by atoms with Crippen LogP contribution in [-0.2, 0) is 4.79 Å². The largest absolute Gasteiger partial charge is 0.440 e. The van der Waals surface area contributed by atoms with Crippen molar-refractivity contribution in [3.05, 3.63) is 35.7 Å². The maximum Gasteiger partial charge on any atom is 0.256 e. The van der Waals surface area contributed by atoms with E-state index in [4.69, 9.17) is 10.2 Å². The molecule has 0 unspecified atom stereocenters. The Morgan fingerprint density at radius 1 is 1.47 bits per heavy atom. The molecule has 100 valence electrons. The van der Waals surface area contributed by atoms with Gasteiger partial charge in [-0.15, -0.1) is 0 Å². The van der Waals surface area contributed by atoms with E-state index >= 15 is 0 Å². The van der Waals surface area contributed by atoms with E-state index in [1.165, 1.54) is 11.8 Å². The first-order valence-electron chi connectivity index (χ1n) is 5.75. The van der Waals surface area contributed by atoms with E-state index in [2.05, 4.69) is 10.3 Å². The number of thioether (sulfide) groups is 1. The Bertz CT molecular complexity index is 595. The van der Waals surface area contributed by atoms with Gasteiger partial charge in [-0.05, 0) is 31.5 Å². The molecular weight excluding hydrogens is 262 g/mol. The molecule has 1 heterocycles. The van der Waals surface area contributed by atoms with Gasteiger partial charge in [-0.1, -0.05) is 17.8 Å². The summed E-state index contributed by atoms with van der Waals surface area (Å²) in [5.41, 5.74) is 8.81. The van der Waals surface area contributed by atoms with E-state index in [0.717, 1.165) is 16.9 Å². The summed E-state index contributed by atoms with van der Waals surface area (Å²) in [5, 5.41) is 3.32. The number of nitrogens with one attached hydrogen (secondary N) is 1. The normalized spacial score (nSPS) is 10.4. The van der Waals surface area contributed by atoms with Crippen LogP contribution in [0, 0.1) is 13.8 Å². The molecule has 0 aliphatic carbocycles. The van der Waals surface area contributed by atoms with Crippen LogP contribution in [0.25, 0.3) is 0 Å². The van der Waals surface area contributed by atoms with Crippen molar-refractivity contribution in [1.29, 1.82) is 0 Å². The number of oxazole rings is 1. The zero-order valence-corrected chi connectivity index (χ0v) is 11.6. The third-order valence-corrected chi connectivity index (χ3v) is 3.30. The van der Waals surface area contributed by atoms with Gasteiger partial charge in [-0.2, -0.15) is 0 Å². The number of anilines is 2. The summed E-state index contributed by atoms with van der Waals surface area (Å²) in [6, 6.07) is 5.41. The number of carbonyl (C=O) groups excluding carboxylic acids is 1. The highest BCUT2D eigenvalue weighted by Crippen LogP contribution is 2.20. The van der Waals surface area contributed by atoms with Gasteiger partial charge in [-0.3, -0.25) is 4.79 Å². The standard InChI is InChI=1S/C13H15N3O2S/c1-8-3-4-10(14)5-11(8)16-12(17)7-19-13-15-9(2)6-18-13/h3-6H,7,14H2,1-2H3,(H,16,17). The van der Waals surface area contributed by atoms with Crippen molar-refractivity contribution in [1.82, 2.24) is 4.98 Å². The lowest BCUT2D eigenvalue weighted by molar-refractivity contribution is -0.113. The third-order valence-electron chi connectivity index (χ3n) is 2.46. The number of nitrogens with two attached hydrogens (primary N) is 1. The highest BCUT2D eigenvalue weighted by Gasteiger charge is 2.08. The molecule has 0 aliphatic rings. The van der Waals surface area contributed by atoms with Crippen molar-refractivity contribution in [3.8, 4) is 0 Å². The molecule has 1 aromatic heterocycles. The molecule has 5 nitrogen and oxygen atoms in total. The summed E-state index contributed by atoms with van der Waals surface area (Å²) >= 11 is 1.26. The SMILES string of the molecule is Cc1coc(SCC(=O)Nc2cc(N)ccc2C)n1. The molecule has 0 saturated heterocycles. The molecule has 0 fully saturated rings. The number of rotatable bonds is 4. The zero-order valence-electron chi connectivity index (χ0n) is 10.8. The molecule has 6 heteroatoms. The van der Waals surface area contributed by atoms with Gasteiger partial charge in [0.1, 0.15) is 6.26 Å². The van der Waals surface area contributed by atoms with Gasteiger partial charge in [-0.25, -0.2) is 4.98 Å². The van der Waals surface area contributed by atoms with Gasteiger partial charge in [0.05, 0.1) is 11.4 Å². The predicted octanol–water partition coefficient (Wildman–Crippen LogP) is 2.60. The molecule has 0 radical (unpaired) electrons. The number of carbonyl (C=O) groups is 1. The lowest BCUT2D eigenvalue weighted by Gasteiger charge is -2.08. The fourth-order valence-corrected chi connectivity index (χ4v) is 2.14. The molecule has 0 spiro atoms. The van der Waals surface area contributed by atoms with E-state index in [0.29, 0.717) is 10.9 Å². The van der Waals surface area contributed by atoms with Crippen molar-refractivity contribution in [3.63, 3.8) is 0 Å². The van der Waals surface area contributed by atoms with Crippen LogP contribution in [-0.4, -0.2) is 16.6 Å². The molecule has 1 amide bonds. The molecule has 19 heavy (non-hydrogen) atoms. The number of amides is 1. The Balaban J connectivity index is 1.92. The van der Waals surface area contributed by atoms with Gasteiger partial charge in [0.15, 0.2) is 0 Å². The van der Waals surface area contributed by atoms with E-state index in [1.807, 2.05) is 19.9 Å². The predicted molar refractivity (Wildman–Crippen MR) is 76.2 cm³/mol. The summed E-state index contributed by atoms with van der Waals surface area (Å²) in [6.07, 6.45) is 1.56. The summed E-state index contributed by atoms with van der Waals surface area (Å²) < 4.78 is 5.16. The average molecular weight is 277 g/mol. The Morgan fingerprint density at radius 2 is 2.26 bits per heavy atom. The average Bonchev–Trinajstić information content (AvgIpc) is 2.77. The van der Waals surface area contributed by atoms with Crippen LogP contribution in [0.2, 0.25) is 0 Å². The van der Waals surface area contributed by atoms with Gasteiger partial charge < -0.3 is 15.5 Å². The minimum Gasteiger partial charge on any atom is -0.440 e. The van der Waals surface area contributed by atoms with E-state index in [-0.39, 0.29) is 11.7 Å². The lowest BCUT2D eigenvalue weighted by Crippen LogP contribution is -2.15. The summed E-state index contributed by atoms with van der Waals surface area (Å²) in [5.74, 6) is 0.128. The van der Waals surface area contributed by atoms with Gasteiger partial charge in [0, 0.05) is 11.4 Å². The Labute approximate surface area is 115 Å². The highest BCUT2D eigenvalue weighted by atomic mass is 32.2. The van der Waals surface area contributed by atoms with Crippen molar-refractivity contribution >= 4 is 29.0 Å². The maximum atomic E-state index is 11.8. The molecule has 2 rings (SSSR count). The quantitative estimate of drug-likeness (QED) is 0.663. The summed E-state index contributed by atoms with van der Waals surface area (Å²) in [7, 11) is 0. The number of hydrogen-bond acceptors (Lipinski definition) is 5. The molecule has 1 aromatic carbocycles. The number of nitrogens with zero attached hydrogens (tertiary/aromatic N) is 1. The molecule has 3 N–H and O–H groups in total. The third kappa shape index (κ3) is 3.75. The maximum absolute atomic E-state index is 11.8. The van der Waals surface area contributed by atoms with Crippen LogP contribution in [0.3, 0.4) is 0 Å². The minimum atomic E-state index is -0.116. The van der Waals surface area contributed by atoms with E-state index in [1.54, 1.807) is 18.4 Å². The van der Waals surface area contributed by atoms with Crippen LogP contribution < -0.4 is 11.1 Å². The number of aryl methyl sites for hydroxylation is 2. The second-order valence-corrected chi connectivity index (χ2v) is 5.09. The lowest BCUT2D eigenvalue weighted by atomic mass is 10.2. The Kier molecular flexibility index (Phi) is 4.11. The summed E-state index contributed by atoms with van der Waals surface area (Å²) in [6.45, 7) is 3.75. The van der Waals surface area contributed by atoms with Crippen LogP contribution in [0.1, 0.15) is 11.3 Å². The van der Waals surface area contributed by atoms with Crippen LogP contribution in [0.15, 0.2) is 34.1 Å². The Morgan fingerprint density at radius 3 is 2.95 bits per heavy atom. The topological polar surface area (TPSA) is 81.2 Å². The van der Waals surface area contributed by atoms with E-state index < -0.39 is 0 Å². The number of nitrogen functional groups attached to an aromatic ring is 1. The van der Waals surface area contributed by atoms with Crippen LogP contribution in [0.4, 0.5) is 11.4 Å². The number of benzene rings is 1.